The van der Waals surface area contributed by atoms with Crippen LogP contribution in [-0.2, 0) is 14.3 Å². The highest BCUT2D eigenvalue weighted by Crippen LogP contribution is 2.36. The molecule has 0 spiro atoms. The van der Waals surface area contributed by atoms with Crippen LogP contribution in [0.4, 0.5) is 4.79 Å². The SMILES string of the molecule is C[C@H](NC(=O)[C@H](OC(N)=O)c1ccccc1)c1ncc(-c2ccc(-c3ncc(-c4cnc([C@@H]5CCCN5C(=O)[C@@H](c5ccccc5)N5CCCCC5)[nH]4)cn3)cc2)[nH]1. The van der Waals surface area contributed by atoms with Gasteiger partial charge in [-0.2, -0.15) is 0 Å². The molecule has 2 saturated heterocycles. The van der Waals surface area contributed by atoms with Gasteiger partial charge in [-0.3, -0.25) is 14.5 Å². The molecule has 5 N–H and O–H groups in total. The largest absolute Gasteiger partial charge is 0.431 e. The average molecular weight is 779 g/mol. The van der Waals surface area contributed by atoms with Gasteiger partial charge >= 0.3 is 6.09 Å². The number of nitrogens with zero attached hydrogens (tertiary/aromatic N) is 6. The van der Waals surface area contributed by atoms with Crippen molar-refractivity contribution in [2.45, 2.75) is 63.3 Å². The van der Waals surface area contributed by atoms with E-state index in [1.54, 1.807) is 62.0 Å². The summed E-state index contributed by atoms with van der Waals surface area (Å²) in [7, 11) is 0. The third-order valence-corrected chi connectivity index (χ3v) is 10.9. The van der Waals surface area contributed by atoms with E-state index in [1.807, 2.05) is 47.4 Å². The summed E-state index contributed by atoms with van der Waals surface area (Å²) in [5.74, 6) is 1.50. The van der Waals surface area contributed by atoms with Gasteiger partial charge in [-0.15, -0.1) is 0 Å². The van der Waals surface area contributed by atoms with Gasteiger partial charge < -0.3 is 30.7 Å². The van der Waals surface area contributed by atoms with Crippen LogP contribution >= 0.6 is 0 Å². The molecule has 0 bridgehead atoms. The smallest absolute Gasteiger partial charge is 0.405 e. The van der Waals surface area contributed by atoms with Gasteiger partial charge in [-0.25, -0.2) is 24.7 Å². The number of benzene rings is 3. The Bertz CT molecular complexity index is 2320. The Morgan fingerprint density at radius 1 is 0.724 bits per heavy atom. The third-order valence-electron chi connectivity index (χ3n) is 10.9. The van der Waals surface area contributed by atoms with Gasteiger partial charge in [0.15, 0.2) is 5.82 Å². The molecule has 0 radical (unpaired) electrons. The van der Waals surface area contributed by atoms with E-state index in [4.69, 9.17) is 15.5 Å². The van der Waals surface area contributed by atoms with Crippen molar-refractivity contribution in [3.8, 4) is 33.9 Å². The second kappa shape index (κ2) is 17.2. The number of carbonyl (C=O) groups excluding carboxylic acids is 3. The molecular weight excluding hydrogens is 733 g/mol. The van der Waals surface area contributed by atoms with Crippen molar-refractivity contribution < 1.29 is 19.1 Å². The quantitative estimate of drug-likeness (QED) is 0.103. The Morgan fingerprint density at radius 2 is 1.36 bits per heavy atom. The minimum atomic E-state index is -1.20. The Labute approximate surface area is 336 Å². The number of carbonyl (C=O) groups is 3. The number of nitrogens with one attached hydrogen (secondary N) is 3. The molecule has 14 nitrogen and oxygen atoms in total. The van der Waals surface area contributed by atoms with Crippen molar-refractivity contribution in [3.63, 3.8) is 0 Å². The number of aromatic nitrogens is 6. The van der Waals surface area contributed by atoms with Crippen LogP contribution in [0.25, 0.3) is 33.9 Å². The van der Waals surface area contributed by atoms with Gasteiger partial charge in [0.2, 0.25) is 12.0 Å². The number of rotatable bonds is 12. The van der Waals surface area contributed by atoms with E-state index in [2.05, 4.69) is 47.3 Å². The first-order valence-electron chi connectivity index (χ1n) is 19.8. The highest BCUT2D eigenvalue weighted by Gasteiger charge is 2.39. The molecule has 58 heavy (non-hydrogen) atoms. The number of hydrogen-bond acceptors (Lipinski definition) is 9. The number of piperidine rings is 1. The molecule has 0 saturated carbocycles. The second-order valence-electron chi connectivity index (χ2n) is 14.8. The number of H-pyrrole nitrogens is 2. The fourth-order valence-corrected chi connectivity index (χ4v) is 7.94. The van der Waals surface area contributed by atoms with E-state index in [1.165, 1.54) is 6.42 Å². The maximum absolute atomic E-state index is 14.3. The van der Waals surface area contributed by atoms with Crippen molar-refractivity contribution in [2.75, 3.05) is 19.6 Å². The van der Waals surface area contributed by atoms with Crippen LogP contribution in [0.1, 0.15) is 86.0 Å². The summed E-state index contributed by atoms with van der Waals surface area (Å²) in [5.41, 5.74) is 10.9. The van der Waals surface area contributed by atoms with Gasteiger partial charge in [0.25, 0.3) is 5.91 Å². The monoisotopic (exact) mass is 778 g/mol. The van der Waals surface area contributed by atoms with Crippen LogP contribution in [0.3, 0.4) is 0 Å². The molecule has 6 aromatic rings. The predicted octanol–water partition coefficient (Wildman–Crippen LogP) is 6.83. The summed E-state index contributed by atoms with van der Waals surface area (Å²) in [6.07, 6.45) is 10.0. The Hall–Kier alpha value is -6.67. The summed E-state index contributed by atoms with van der Waals surface area (Å²) in [6.45, 7) is 4.34. The summed E-state index contributed by atoms with van der Waals surface area (Å²) in [5, 5.41) is 2.85. The molecule has 0 aliphatic carbocycles. The van der Waals surface area contributed by atoms with Crippen molar-refractivity contribution in [1.82, 2.24) is 45.0 Å². The lowest BCUT2D eigenvalue weighted by atomic mass is 10.00. The van der Waals surface area contributed by atoms with Crippen molar-refractivity contribution in [1.29, 1.82) is 0 Å². The number of ether oxygens (including phenoxy) is 1. The topological polar surface area (TPSA) is 188 Å². The first-order valence-corrected chi connectivity index (χ1v) is 19.8. The second-order valence-corrected chi connectivity index (χ2v) is 14.8. The zero-order valence-electron chi connectivity index (χ0n) is 32.3. The summed E-state index contributed by atoms with van der Waals surface area (Å²) >= 11 is 0. The minimum Gasteiger partial charge on any atom is -0.431 e. The standard InChI is InChI=1S/C44H46N10O4/c1-28(50-42(55)38(58-44(45)57)31-14-7-3-8-15-31)39-48-26-34(51-39)29-17-19-32(20-18-29)40-46-24-33(25-47-40)35-27-49-41(52-35)36-16-11-23-54(36)43(56)37(30-12-5-2-6-13-30)53-21-9-4-10-22-53/h2-3,5-8,12-15,17-20,24-28,36-38H,4,9-11,16,21-23H2,1H3,(H2,45,57)(H,48,51)(H,49,52)(H,50,55)/t28-,36-,37+,38+/m0/s1. The number of primary amides is 1. The maximum atomic E-state index is 14.3. The lowest BCUT2D eigenvalue weighted by Gasteiger charge is -2.37. The van der Waals surface area contributed by atoms with Gasteiger partial charge in [0, 0.05) is 35.6 Å². The summed E-state index contributed by atoms with van der Waals surface area (Å²) in [4.78, 5) is 68.6. The van der Waals surface area contributed by atoms with E-state index in [0.717, 1.165) is 78.2 Å². The van der Waals surface area contributed by atoms with Crippen LogP contribution in [0.5, 0.6) is 0 Å². The minimum absolute atomic E-state index is 0.126. The molecule has 2 aliphatic rings. The maximum Gasteiger partial charge on any atom is 0.405 e. The van der Waals surface area contributed by atoms with Crippen LogP contribution in [-0.4, -0.2) is 77.2 Å². The van der Waals surface area contributed by atoms with Crippen LogP contribution in [0.15, 0.2) is 110 Å². The Morgan fingerprint density at radius 3 is 2.05 bits per heavy atom. The zero-order chi connectivity index (χ0) is 40.0. The molecule has 0 unspecified atom stereocenters. The molecular formula is C44H46N10O4. The molecule has 2 fully saturated rings. The molecule has 14 heteroatoms. The van der Waals surface area contributed by atoms with Gasteiger partial charge in [0.1, 0.15) is 17.7 Å². The predicted molar refractivity (Wildman–Crippen MR) is 217 cm³/mol. The molecule has 296 valence electrons. The first kappa shape index (κ1) is 38.2. The number of aromatic amines is 2. The van der Waals surface area contributed by atoms with E-state index in [0.29, 0.717) is 23.8 Å². The molecule has 4 atom stereocenters. The highest BCUT2D eigenvalue weighted by atomic mass is 16.6. The van der Waals surface area contributed by atoms with Gasteiger partial charge in [0.05, 0.1) is 35.9 Å². The highest BCUT2D eigenvalue weighted by molar-refractivity contribution is 5.85. The Balaban J connectivity index is 0.911. The van der Waals surface area contributed by atoms with Crippen LogP contribution in [0.2, 0.25) is 0 Å². The average Bonchev–Trinajstić information content (AvgIpc) is 4.06. The van der Waals surface area contributed by atoms with E-state index < -0.39 is 24.1 Å². The molecule has 3 amide bonds. The summed E-state index contributed by atoms with van der Waals surface area (Å²) in [6, 6.07) is 25.7. The number of imidazole rings is 2. The number of likely N-dealkylation sites (tertiary alicyclic amines) is 2. The molecule has 2 aliphatic heterocycles. The first-order chi connectivity index (χ1) is 28.3. The van der Waals surface area contributed by atoms with Crippen LogP contribution < -0.4 is 11.1 Å². The van der Waals surface area contributed by atoms with Crippen molar-refractivity contribution in [3.05, 3.63) is 132 Å². The summed E-state index contributed by atoms with van der Waals surface area (Å²) < 4.78 is 5.12. The lowest BCUT2D eigenvalue weighted by Crippen LogP contribution is -2.44. The van der Waals surface area contributed by atoms with Gasteiger partial charge in [-0.05, 0) is 56.8 Å². The van der Waals surface area contributed by atoms with Crippen molar-refractivity contribution in [2.24, 2.45) is 5.73 Å². The van der Waals surface area contributed by atoms with Crippen molar-refractivity contribution >= 4 is 17.9 Å². The third kappa shape index (κ3) is 8.37. The Kier molecular flexibility index (Phi) is 11.3. The number of amides is 3. The van der Waals surface area contributed by atoms with E-state index in [-0.39, 0.29) is 18.0 Å². The normalized spacial score (nSPS) is 17.3. The molecule has 3 aromatic carbocycles. The fourth-order valence-electron chi connectivity index (χ4n) is 7.94. The molecule has 8 rings (SSSR count). The lowest BCUT2D eigenvalue weighted by molar-refractivity contribution is -0.139. The molecule has 3 aromatic heterocycles. The van der Waals surface area contributed by atoms with Gasteiger partial charge in [-0.1, -0.05) is 91.3 Å². The van der Waals surface area contributed by atoms with E-state index in [9.17, 15) is 14.4 Å². The number of hydrogen-bond donors (Lipinski definition) is 4. The van der Waals surface area contributed by atoms with E-state index >= 15 is 0 Å². The number of nitrogens with two attached hydrogens (primary N) is 1. The molecule has 5 heterocycles. The fraction of sp³-hybridized carbons (Fsp3) is 0.295. The zero-order valence-corrected chi connectivity index (χ0v) is 32.3. The van der Waals surface area contributed by atoms with Crippen LogP contribution in [0, 0.1) is 0 Å².